The maximum absolute atomic E-state index is 13.3. The van der Waals surface area contributed by atoms with Crippen molar-refractivity contribution in [2.24, 2.45) is 5.73 Å². The minimum absolute atomic E-state index is 0.151. The molecule has 0 amide bonds. The second-order valence-corrected chi connectivity index (χ2v) is 4.18. The zero-order chi connectivity index (χ0) is 13.8. The Morgan fingerprint density at radius 1 is 1.42 bits per heavy atom. The third-order valence-corrected chi connectivity index (χ3v) is 2.71. The first kappa shape index (κ1) is 13.2. The Balaban J connectivity index is 2.34. The number of anilines is 2. The zero-order valence-electron chi connectivity index (χ0n) is 10.2. The van der Waals surface area contributed by atoms with Gasteiger partial charge in [-0.05, 0) is 24.3 Å². The Labute approximate surface area is 115 Å². The van der Waals surface area contributed by atoms with Gasteiger partial charge in [0.1, 0.15) is 10.8 Å². The molecule has 0 aliphatic carbocycles. The van der Waals surface area contributed by atoms with Gasteiger partial charge in [0, 0.05) is 18.0 Å². The lowest BCUT2D eigenvalue weighted by Gasteiger charge is -2.11. The molecule has 0 fully saturated rings. The van der Waals surface area contributed by atoms with Gasteiger partial charge in [-0.25, -0.2) is 9.37 Å². The lowest BCUT2D eigenvalue weighted by atomic mass is 10.2. The van der Waals surface area contributed by atoms with Crippen molar-refractivity contribution >= 4 is 28.7 Å². The quantitative estimate of drug-likeness (QED) is 0.841. The standard InChI is InChI=1S/C13H12FN3OS/c1-18-11-7-8(4-5-10(11)14)17-13-9(12(15)19)3-2-6-16-13/h2-7H,1H3,(H2,15,19)(H,16,17). The number of pyridine rings is 1. The van der Waals surface area contributed by atoms with Gasteiger partial charge in [-0.2, -0.15) is 0 Å². The molecule has 0 unspecified atom stereocenters. The summed E-state index contributed by atoms with van der Waals surface area (Å²) < 4.78 is 18.2. The molecule has 1 heterocycles. The summed E-state index contributed by atoms with van der Waals surface area (Å²) in [6.07, 6.45) is 1.62. The first-order chi connectivity index (χ1) is 9.11. The van der Waals surface area contributed by atoms with Crippen molar-refractivity contribution in [2.45, 2.75) is 0 Å². The van der Waals surface area contributed by atoms with Crippen molar-refractivity contribution < 1.29 is 9.13 Å². The molecule has 19 heavy (non-hydrogen) atoms. The highest BCUT2D eigenvalue weighted by molar-refractivity contribution is 7.80. The van der Waals surface area contributed by atoms with Crippen LogP contribution in [0.3, 0.4) is 0 Å². The summed E-state index contributed by atoms with van der Waals surface area (Å²) >= 11 is 4.95. The number of halogens is 1. The number of nitrogens with zero attached hydrogens (tertiary/aromatic N) is 1. The second kappa shape index (κ2) is 5.62. The van der Waals surface area contributed by atoms with Crippen LogP contribution < -0.4 is 15.8 Å². The van der Waals surface area contributed by atoms with Crippen LogP contribution in [-0.4, -0.2) is 17.1 Å². The molecule has 3 N–H and O–H groups in total. The van der Waals surface area contributed by atoms with Crippen molar-refractivity contribution in [2.75, 3.05) is 12.4 Å². The lowest BCUT2D eigenvalue weighted by molar-refractivity contribution is 0.387. The molecule has 0 saturated carbocycles. The molecule has 0 aliphatic heterocycles. The fourth-order valence-corrected chi connectivity index (χ4v) is 1.74. The van der Waals surface area contributed by atoms with E-state index in [-0.39, 0.29) is 10.7 Å². The summed E-state index contributed by atoms with van der Waals surface area (Å²) in [5.41, 5.74) is 6.87. The number of benzene rings is 1. The maximum Gasteiger partial charge on any atom is 0.165 e. The number of nitrogens with two attached hydrogens (primary N) is 1. The van der Waals surface area contributed by atoms with Gasteiger partial charge in [0.05, 0.1) is 12.7 Å². The molecule has 0 aliphatic rings. The molecular weight excluding hydrogens is 265 g/mol. The fraction of sp³-hybridized carbons (Fsp3) is 0.0769. The van der Waals surface area contributed by atoms with Crippen LogP contribution >= 0.6 is 12.2 Å². The highest BCUT2D eigenvalue weighted by atomic mass is 32.1. The Kier molecular flexibility index (Phi) is 3.91. The third kappa shape index (κ3) is 2.97. The van der Waals surface area contributed by atoms with Crippen molar-refractivity contribution in [3.8, 4) is 5.75 Å². The lowest BCUT2D eigenvalue weighted by Crippen LogP contribution is -2.12. The van der Waals surface area contributed by atoms with Crippen molar-refractivity contribution in [3.63, 3.8) is 0 Å². The molecule has 0 saturated heterocycles. The average molecular weight is 277 g/mol. The maximum atomic E-state index is 13.3. The van der Waals surface area contributed by atoms with E-state index in [1.165, 1.54) is 19.2 Å². The zero-order valence-corrected chi connectivity index (χ0v) is 11.0. The van der Waals surface area contributed by atoms with Crippen molar-refractivity contribution in [1.82, 2.24) is 4.98 Å². The van der Waals surface area contributed by atoms with Gasteiger partial charge < -0.3 is 15.8 Å². The van der Waals surface area contributed by atoms with Gasteiger partial charge in [-0.15, -0.1) is 0 Å². The summed E-state index contributed by atoms with van der Waals surface area (Å²) in [7, 11) is 1.41. The Hall–Kier alpha value is -2.21. The van der Waals surface area contributed by atoms with Crippen molar-refractivity contribution in [3.05, 3.63) is 47.9 Å². The summed E-state index contributed by atoms with van der Waals surface area (Å²) in [4.78, 5) is 4.40. The van der Waals surface area contributed by atoms with E-state index < -0.39 is 5.82 Å². The first-order valence-corrected chi connectivity index (χ1v) is 5.88. The van der Waals surface area contributed by atoms with Gasteiger partial charge in [-0.3, -0.25) is 0 Å². The molecule has 0 atom stereocenters. The topological polar surface area (TPSA) is 60.2 Å². The normalized spacial score (nSPS) is 10.0. The van der Waals surface area contributed by atoms with Crippen LogP contribution in [-0.2, 0) is 0 Å². The third-order valence-electron chi connectivity index (χ3n) is 2.49. The Morgan fingerprint density at radius 3 is 2.89 bits per heavy atom. The number of aromatic nitrogens is 1. The fourth-order valence-electron chi connectivity index (χ4n) is 1.58. The van der Waals surface area contributed by atoms with E-state index in [2.05, 4.69) is 10.3 Å². The largest absolute Gasteiger partial charge is 0.494 e. The Morgan fingerprint density at radius 2 is 2.21 bits per heavy atom. The molecule has 98 valence electrons. The predicted octanol–water partition coefficient (Wildman–Crippen LogP) is 2.61. The molecule has 0 spiro atoms. The van der Waals surface area contributed by atoms with Crippen LogP contribution in [0.15, 0.2) is 36.5 Å². The van der Waals surface area contributed by atoms with E-state index in [9.17, 15) is 4.39 Å². The van der Waals surface area contributed by atoms with Crippen LogP contribution in [0.1, 0.15) is 5.56 Å². The van der Waals surface area contributed by atoms with Crippen LogP contribution in [0, 0.1) is 5.82 Å². The number of nitrogens with one attached hydrogen (secondary N) is 1. The van der Waals surface area contributed by atoms with E-state index in [4.69, 9.17) is 22.7 Å². The van der Waals surface area contributed by atoms with E-state index in [0.29, 0.717) is 17.1 Å². The van der Waals surface area contributed by atoms with Crippen LogP contribution in [0.2, 0.25) is 0 Å². The molecular formula is C13H12FN3OS. The highest BCUT2D eigenvalue weighted by Crippen LogP contribution is 2.24. The van der Waals surface area contributed by atoms with Gasteiger partial charge in [0.2, 0.25) is 0 Å². The Bertz CT molecular complexity index is 619. The summed E-state index contributed by atoms with van der Waals surface area (Å²) in [6.45, 7) is 0. The number of hydrogen-bond donors (Lipinski definition) is 2. The molecule has 2 aromatic rings. The summed E-state index contributed by atoms with van der Waals surface area (Å²) in [5, 5.41) is 3.03. The van der Waals surface area contributed by atoms with Crippen LogP contribution in [0.5, 0.6) is 5.75 Å². The molecule has 0 bridgehead atoms. The molecule has 0 radical (unpaired) electrons. The van der Waals surface area contributed by atoms with Crippen LogP contribution in [0.25, 0.3) is 0 Å². The number of thiocarbonyl (C=S) groups is 1. The molecule has 4 nitrogen and oxygen atoms in total. The molecule has 6 heteroatoms. The summed E-state index contributed by atoms with van der Waals surface area (Å²) in [6, 6.07) is 7.93. The number of hydrogen-bond acceptors (Lipinski definition) is 4. The molecule has 1 aromatic carbocycles. The number of rotatable bonds is 4. The predicted molar refractivity (Wildman–Crippen MR) is 76.4 cm³/mol. The van der Waals surface area contributed by atoms with Crippen molar-refractivity contribution in [1.29, 1.82) is 0 Å². The summed E-state index contributed by atoms with van der Waals surface area (Å²) in [5.74, 6) is 0.241. The first-order valence-electron chi connectivity index (χ1n) is 5.47. The average Bonchev–Trinajstić information content (AvgIpc) is 2.41. The van der Waals surface area contributed by atoms with Gasteiger partial charge >= 0.3 is 0 Å². The second-order valence-electron chi connectivity index (χ2n) is 3.74. The highest BCUT2D eigenvalue weighted by Gasteiger charge is 2.08. The molecule has 1 aromatic heterocycles. The minimum Gasteiger partial charge on any atom is -0.494 e. The minimum atomic E-state index is -0.427. The van der Waals surface area contributed by atoms with E-state index in [1.807, 2.05) is 0 Å². The van der Waals surface area contributed by atoms with Gasteiger partial charge in [0.15, 0.2) is 11.6 Å². The number of methoxy groups -OCH3 is 1. The SMILES string of the molecule is COc1cc(Nc2ncccc2C(N)=S)ccc1F. The van der Waals surface area contributed by atoms with Gasteiger partial charge in [-0.1, -0.05) is 12.2 Å². The van der Waals surface area contributed by atoms with E-state index in [1.54, 1.807) is 24.4 Å². The van der Waals surface area contributed by atoms with Crippen LogP contribution in [0.4, 0.5) is 15.9 Å². The van der Waals surface area contributed by atoms with Gasteiger partial charge in [0.25, 0.3) is 0 Å². The van der Waals surface area contributed by atoms with E-state index >= 15 is 0 Å². The smallest absolute Gasteiger partial charge is 0.165 e. The number of ether oxygens (including phenoxy) is 1. The van der Waals surface area contributed by atoms with E-state index in [0.717, 1.165) is 0 Å². The monoisotopic (exact) mass is 277 g/mol. The molecule has 2 rings (SSSR count).